The number of nitrogens with zero attached hydrogens (tertiary/aromatic N) is 1. The number of likely N-dealkylation sites (tertiary alicyclic amines) is 1. The Kier molecular flexibility index (Phi) is 4.15. The van der Waals surface area contributed by atoms with Gasteiger partial charge >= 0.3 is 5.97 Å². The Morgan fingerprint density at radius 2 is 1.52 bits per heavy atom. The van der Waals surface area contributed by atoms with Gasteiger partial charge in [-0.1, -0.05) is 0 Å². The molecular weight excluding hydrogens is 294 g/mol. The number of benzene rings is 1. The summed E-state index contributed by atoms with van der Waals surface area (Å²) in [6.45, 7) is -0.0976. The van der Waals surface area contributed by atoms with E-state index in [0.717, 1.165) is 4.90 Å². The van der Waals surface area contributed by atoms with Crippen molar-refractivity contribution in [2.45, 2.75) is 12.8 Å². The van der Waals surface area contributed by atoms with E-state index in [-0.39, 0.29) is 32.0 Å². The minimum atomic E-state index is -1.75. The molecule has 0 aliphatic carbocycles. The predicted octanol–water partition coefficient (Wildman–Crippen LogP) is 2.18. The number of carbonyl (C=O) groups is 2. The largest absolute Gasteiger partial charge is 0.481 e. The molecule has 1 amide bonds. The summed E-state index contributed by atoms with van der Waals surface area (Å²) in [7, 11) is 0. The lowest BCUT2D eigenvalue weighted by molar-refractivity contribution is -0.143. The molecule has 0 radical (unpaired) electrons. The van der Waals surface area contributed by atoms with Crippen LogP contribution in [0.2, 0.25) is 0 Å². The van der Waals surface area contributed by atoms with Crippen LogP contribution in [0.15, 0.2) is 6.07 Å². The molecule has 1 aromatic rings. The summed E-state index contributed by atoms with van der Waals surface area (Å²) < 4.78 is 53.2. The number of rotatable bonds is 2. The van der Waals surface area contributed by atoms with Gasteiger partial charge in [0.15, 0.2) is 23.3 Å². The minimum absolute atomic E-state index is 0.0259. The van der Waals surface area contributed by atoms with Crippen molar-refractivity contribution in [3.05, 3.63) is 34.9 Å². The van der Waals surface area contributed by atoms with Crippen LogP contribution < -0.4 is 0 Å². The van der Waals surface area contributed by atoms with E-state index in [1.54, 1.807) is 0 Å². The summed E-state index contributed by atoms with van der Waals surface area (Å²) in [4.78, 5) is 23.7. The maximum atomic E-state index is 13.5. The fraction of sp³-hybridized carbons (Fsp3) is 0.385. The Hall–Kier alpha value is -2.12. The van der Waals surface area contributed by atoms with Gasteiger partial charge in [0.2, 0.25) is 0 Å². The van der Waals surface area contributed by atoms with Gasteiger partial charge in [-0.3, -0.25) is 9.59 Å². The van der Waals surface area contributed by atoms with Gasteiger partial charge in [-0.05, 0) is 12.8 Å². The third-order valence-electron chi connectivity index (χ3n) is 3.46. The van der Waals surface area contributed by atoms with Crippen LogP contribution >= 0.6 is 0 Å². The normalized spacial score (nSPS) is 16.1. The summed E-state index contributed by atoms with van der Waals surface area (Å²) in [5.41, 5.74) is -1.29. The SMILES string of the molecule is O=C(O)C1CCN(C(=O)c2c(F)c(F)cc(F)c2F)CC1. The molecule has 1 heterocycles. The molecule has 1 saturated heterocycles. The molecule has 21 heavy (non-hydrogen) atoms. The Labute approximate surface area is 117 Å². The smallest absolute Gasteiger partial charge is 0.306 e. The van der Waals surface area contributed by atoms with Crippen molar-refractivity contribution in [3.8, 4) is 0 Å². The van der Waals surface area contributed by atoms with Gasteiger partial charge in [-0.25, -0.2) is 17.6 Å². The van der Waals surface area contributed by atoms with Gasteiger partial charge in [-0.2, -0.15) is 0 Å². The number of carboxylic acid groups (broad SMARTS) is 1. The maximum Gasteiger partial charge on any atom is 0.306 e. The maximum absolute atomic E-state index is 13.5. The van der Waals surface area contributed by atoms with E-state index < -0.39 is 46.6 Å². The van der Waals surface area contributed by atoms with Crippen LogP contribution in [0.3, 0.4) is 0 Å². The molecule has 0 bridgehead atoms. The first-order chi connectivity index (χ1) is 9.82. The molecule has 1 fully saturated rings. The summed E-state index contributed by atoms with van der Waals surface area (Å²) in [5.74, 6) is -9.66. The Bertz CT molecular complexity index is 571. The van der Waals surface area contributed by atoms with Crippen LogP contribution in [0.5, 0.6) is 0 Å². The molecule has 0 aromatic heterocycles. The molecule has 114 valence electrons. The fourth-order valence-electron chi connectivity index (χ4n) is 2.25. The van der Waals surface area contributed by atoms with Gasteiger partial charge in [0.05, 0.1) is 5.92 Å². The standard InChI is InChI=1S/C13H11F4NO3/c14-7-5-8(15)11(17)9(10(7)16)12(19)18-3-1-6(2-4-18)13(20)21/h5-6H,1-4H2,(H,20,21). The van der Waals surface area contributed by atoms with Crippen LogP contribution in [0.1, 0.15) is 23.2 Å². The highest BCUT2D eigenvalue weighted by atomic mass is 19.2. The van der Waals surface area contributed by atoms with Crippen molar-refractivity contribution in [3.63, 3.8) is 0 Å². The second-order valence-electron chi connectivity index (χ2n) is 4.75. The van der Waals surface area contributed by atoms with Crippen molar-refractivity contribution >= 4 is 11.9 Å². The number of piperidine rings is 1. The lowest BCUT2D eigenvalue weighted by atomic mass is 9.96. The Morgan fingerprint density at radius 3 is 1.95 bits per heavy atom. The molecule has 0 spiro atoms. The van der Waals surface area contributed by atoms with E-state index in [0.29, 0.717) is 0 Å². The highest BCUT2D eigenvalue weighted by Crippen LogP contribution is 2.24. The van der Waals surface area contributed by atoms with Gasteiger partial charge in [-0.15, -0.1) is 0 Å². The molecule has 1 aliphatic heterocycles. The second kappa shape index (κ2) is 5.71. The number of amides is 1. The van der Waals surface area contributed by atoms with Crippen LogP contribution in [0, 0.1) is 29.2 Å². The van der Waals surface area contributed by atoms with E-state index in [2.05, 4.69) is 0 Å². The van der Waals surface area contributed by atoms with Gasteiger partial charge in [0.1, 0.15) is 5.56 Å². The molecule has 1 aromatic carbocycles. The van der Waals surface area contributed by atoms with E-state index >= 15 is 0 Å². The van der Waals surface area contributed by atoms with Crippen molar-refractivity contribution in [1.29, 1.82) is 0 Å². The quantitative estimate of drug-likeness (QED) is 0.673. The second-order valence-corrected chi connectivity index (χ2v) is 4.75. The lowest BCUT2D eigenvalue weighted by Gasteiger charge is -2.30. The predicted molar refractivity (Wildman–Crippen MR) is 62.5 cm³/mol. The molecule has 1 N–H and O–H groups in total. The third-order valence-corrected chi connectivity index (χ3v) is 3.46. The average molecular weight is 305 g/mol. The highest BCUT2D eigenvalue weighted by Gasteiger charge is 2.32. The first-order valence-corrected chi connectivity index (χ1v) is 6.18. The van der Waals surface area contributed by atoms with Gasteiger partial charge in [0, 0.05) is 19.2 Å². The molecule has 1 aliphatic rings. The number of carbonyl (C=O) groups excluding carboxylic acids is 1. The molecular formula is C13H11F4NO3. The van der Waals surface area contributed by atoms with Crippen molar-refractivity contribution in [2.75, 3.05) is 13.1 Å². The zero-order chi connectivity index (χ0) is 15.7. The van der Waals surface area contributed by atoms with E-state index in [1.165, 1.54) is 0 Å². The van der Waals surface area contributed by atoms with Crippen molar-refractivity contribution in [1.82, 2.24) is 4.90 Å². The summed E-state index contributed by atoms with van der Waals surface area (Å²) in [6.07, 6.45) is 0.226. The van der Waals surface area contributed by atoms with E-state index in [4.69, 9.17) is 5.11 Å². The zero-order valence-corrected chi connectivity index (χ0v) is 10.7. The number of carboxylic acids is 1. The molecule has 0 unspecified atom stereocenters. The number of hydrogen-bond acceptors (Lipinski definition) is 2. The third kappa shape index (κ3) is 2.84. The number of aliphatic carboxylic acids is 1. The van der Waals surface area contributed by atoms with Crippen LogP contribution in [-0.2, 0) is 4.79 Å². The number of hydrogen-bond donors (Lipinski definition) is 1. The Morgan fingerprint density at radius 1 is 1.05 bits per heavy atom. The molecule has 0 saturated carbocycles. The monoisotopic (exact) mass is 305 g/mol. The molecule has 4 nitrogen and oxygen atoms in total. The molecule has 0 atom stereocenters. The summed E-state index contributed by atoms with van der Waals surface area (Å²) in [5, 5.41) is 8.82. The van der Waals surface area contributed by atoms with Crippen molar-refractivity contribution in [2.24, 2.45) is 5.92 Å². The van der Waals surface area contributed by atoms with Crippen LogP contribution in [0.4, 0.5) is 17.6 Å². The fourth-order valence-corrected chi connectivity index (χ4v) is 2.25. The topological polar surface area (TPSA) is 57.6 Å². The highest BCUT2D eigenvalue weighted by molar-refractivity contribution is 5.95. The molecule has 8 heteroatoms. The number of halogens is 4. The Balaban J connectivity index is 2.24. The van der Waals surface area contributed by atoms with E-state index in [9.17, 15) is 27.2 Å². The molecule has 2 rings (SSSR count). The van der Waals surface area contributed by atoms with Crippen molar-refractivity contribution < 1.29 is 32.3 Å². The minimum Gasteiger partial charge on any atom is -0.481 e. The van der Waals surface area contributed by atoms with E-state index in [1.807, 2.05) is 0 Å². The van der Waals surface area contributed by atoms with Crippen LogP contribution in [0.25, 0.3) is 0 Å². The zero-order valence-electron chi connectivity index (χ0n) is 10.7. The van der Waals surface area contributed by atoms with Gasteiger partial charge < -0.3 is 10.0 Å². The average Bonchev–Trinajstić information content (AvgIpc) is 2.45. The summed E-state index contributed by atoms with van der Waals surface area (Å²) >= 11 is 0. The first-order valence-electron chi connectivity index (χ1n) is 6.18. The lowest BCUT2D eigenvalue weighted by Crippen LogP contribution is -2.41. The van der Waals surface area contributed by atoms with Crippen LogP contribution in [-0.4, -0.2) is 35.0 Å². The first kappa shape index (κ1) is 15.3. The van der Waals surface area contributed by atoms with Gasteiger partial charge in [0.25, 0.3) is 5.91 Å². The summed E-state index contributed by atoms with van der Waals surface area (Å²) in [6, 6.07) is 0.0259.